The molecule has 0 saturated heterocycles. The number of alkyl halides is 1. The van der Waals surface area contributed by atoms with Gasteiger partial charge in [-0.1, -0.05) is 38.4 Å². The van der Waals surface area contributed by atoms with E-state index in [1.165, 1.54) is 30.4 Å². The lowest BCUT2D eigenvalue weighted by Gasteiger charge is -2.33. The van der Waals surface area contributed by atoms with Gasteiger partial charge in [0.25, 0.3) is 0 Å². The van der Waals surface area contributed by atoms with Gasteiger partial charge in [0.15, 0.2) is 0 Å². The molecule has 7 nitrogen and oxygen atoms in total. The molecule has 0 radical (unpaired) electrons. The van der Waals surface area contributed by atoms with E-state index in [2.05, 4.69) is 26.1 Å². The molecule has 0 spiro atoms. The zero-order chi connectivity index (χ0) is 30.3. The SMILES string of the molecule is CCOC(=O)c1cn([C@H](COSC)C(C)(C)C)c2ccc(Cc3cc(NC(=O)CCCCl)cc(Cl)c3F)cc2c1=O. The summed E-state index contributed by atoms with van der Waals surface area (Å²) >= 11 is 13.1. The minimum Gasteiger partial charge on any atom is -0.462 e. The van der Waals surface area contributed by atoms with Crippen molar-refractivity contribution in [3.8, 4) is 0 Å². The van der Waals surface area contributed by atoms with Gasteiger partial charge >= 0.3 is 5.97 Å². The summed E-state index contributed by atoms with van der Waals surface area (Å²) in [5.74, 6) is -1.24. The average molecular weight is 626 g/mol. The van der Waals surface area contributed by atoms with Gasteiger partial charge in [-0.05, 0) is 66.2 Å². The van der Waals surface area contributed by atoms with Gasteiger partial charge in [0.1, 0.15) is 11.4 Å². The van der Waals surface area contributed by atoms with Crippen molar-refractivity contribution in [3.05, 3.63) is 74.3 Å². The molecule has 1 aromatic heterocycles. The van der Waals surface area contributed by atoms with E-state index in [1.54, 1.807) is 25.1 Å². The largest absolute Gasteiger partial charge is 0.462 e. The fraction of sp³-hybridized carbons (Fsp3) is 0.433. The highest BCUT2D eigenvalue weighted by Gasteiger charge is 2.29. The minimum absolute atomic E-state index is 0.0915. The summed E-state index contributed by atoms with van der Waals surface area (Å²) in [7, 11) is 0. The molecule has 0 aliphatic carbocycles. The first-order valence-corrected chi connectivity index (χ1v) is 15.3. The summed E-state index contributed by atoms with van der Waals surface area (Å²) in [6, 6.07) is 7.89. The van der Waals surface area contributed by atoms with Crippen LogP contribution in [0.1, 0.15) is 68.1 Å². The molecule has 222 valence electrons. The summed E-state index contributed by atoms with van der Waals surface area (Å²) in [5.41, 5.74) is 0.967. The van der Waals surface area contributed by atoms with E-state index in [1.807, 2.05) is 10.8 Å². The van der Waals surface area contributed by atoms with Gasteiger partial charge in [0, 0.05) is 42.2 Å². The van der Waals surface area contributed by atoms with Crippen LogP contribution in [0.2, 0.25) is 5.02 Å². The number of rotatable bonds is 12. The van der Waals surface area contributed by atoms with Crippen molar-refractivity contribution in [3.63, 3.8) is 0 Å². The van der Waals surface area contributed by atoms with Gasteiger partial charge in [0.2, 0.25) is 11.3 Å². The van der Waals surface area contributed by atoms with Crippen molar-refractivity contribution in [1.82, 2.24) is 4.57 Å². The normalized spacial score (nSPS) is 12.4. The van der Waals surface area contributed by atoms with Crippen LogP contribution in [-0.4, -0.2) is 41.8 Å². The van der Waals surface area contributed by atoms with Gasteiger partial charge in [-0.3, -0.25) is 9.59 Å². The highest BCUT2D eigenvalue weighted by molar-refractivity contribution is 7.93. The van der Waals surface area contributed by atoms with Gasteiger partial charge in [-0.2, -0.15) is 0 Å². The second-order valence-electron chi connectivity index (χ2n) is 10.6. The molecule has 0 aliphatic heterocycles. The molecule has 0 unspecified atom stereocenters. The van der Waals surface area contributed by atoms with Gasteiger partial charge in [0.05, 0.1) is 29.8 Å². The lowest BCUT2D eigenvalue weighted by molar-refractivity contribution is -0.116. The smallest absolute Gasteiger partial charge is 0.343 e. The Labute approximate surface area is 253 Å². The fourth-order valence-electron chi connectivity index (χ4n) is 4.52. The Hall–Kier alpha value is -2.59. The van der Waals surface area contributed by atoms with Crippen molar-refractivity contribution in [1.29, 1.82) is 0 Å². The number of carbonyl (C=O) groups excluding carboxylic acids is 2. The standard InChI is InChI=1S/C30H35Cl2FN2O5S/c1-6-39-29(38)22-16-35(25(17-40-41-5)30(2,3)4)24-10-9-18(13-21(24)28(22)37)12-19-14-20(15-23(32)27(19)33)34-26(36)8-7-11-31/h9-10,13-16,25H,6-8,11-12,17H2,1-5H3,(H,34,36)/t25-/m1/s1. The molecule has 11 heteroatoms. The molecule has 3 aromatic rings. The fourth-order valence-corrected chi connectivity index (χ4v) is 5.16. The molecule has 2 aromatic carbocycles. The van der Waals surface area contributed by atoms with Crippen LogP contribution in [-0.2, 0) is 20.1 Å². The third kappa shape index (κ3) is 8.25. The van der Waals surface area contributed by atoms with Crippen LogP contribution in [0.25, 0.3) is 10.9 Å². The first-order valence-electron chi connectivity index (χ1n) is 13.3. The lowest BCUT2D eigenvalue weighted by Crippen LogP contribution is -2.31. The number of benzene rings is 2. The number of ether oxygens (including phenoxy) is 1. The van der Waals surface area contributed by atoms with Crippen molar-refractivity contribution in [2.45, 2.75) is 53.0 Å². The van der Waals surface area contributed by atoms with Crippen LogP contribution in [0, 0.1) is 11.2 Å². The summed E-state index contributed by atoms with van der Waals surface area (Å²) < 4.78 is 27.8. The molecule has 1 heterocycles. The number of pyridine rings is 1. The summed E-state index contributed by atoms with van der Waals surface area (Å²) in [5, 5.41) is 2.89. The topological polar surface area (TPSA) is 86.6 Å². The number of nitrogens with zero attached hydrogens (tertiary/aromatic N) is 1. The van der Waals surface area contributed by atoms with Crippen LogP contribution in [0.4, 0.5) is 10.1 Å². The maximum atomic E-state index is 15.1. The van der Waals surface area contributed by atoms with Crippen LogP contribution >= 0.6 is 35.2 Å². The Balaban J connectivity index is 2.13. The first kappa shape index (κ1) is 32.9. The third-order valence-corrected chi connectivity index (χ3v) is 7.50. The molecule has 0 bridgehead atoms. The molecule has 3 rings (SSSR count). The van der Waals surface area contributed by atoms with E-state index in [4.69, 9.17) is 32.1 Å². The maximum Gasteiger partial charge on any atom is 0.343 e. The Bertz CT molecular complexity index is 1470. The monoisotopic (exact) mass is 624 g/mol. The van der Waals surface area contributed by atoms with Crippen molar-refractivity contribution in [2.24, 2.45) is 5.41 Å². The molecule has 0 fully saturated rings. The van der Waals surface area contributed by atoms with Crippen LogP contribution < -0.4 is 10.7 Å². The number of aromatic nitrogens is 1. The van der Waals surface area contributed by atoms with Crippen LogP contribution in [0.5, 0.6) is 0 Å². The predicted octanol–water partition coefficient (Wildman–Crippen LogP) is 7.40. The Kier molecular flexibility index (Phi) is 11.7. The van der Waals surface area contributed by atoms with Crippen LogP contribution in [0.3, 0.4) is 0 Å². The number of amides is 1. The van der Waals surface area contributed by atoms with Crippen molar-refractivity contribution in [2.75, 3.05) is 30.7 Å². The Morgan fingerprint density at radius 3 is 2.56 bits per heavy atom. The molecule has 1 atom stereocenters. The Morgan fingerprint density at radius 1 is 1.20 bits per heavy atom. The van der Waals surface area contributed by atoms with E-state index in [0.717, 1.165) is 0 Å². The highest BCUT2D eigenvalue weighted by atomic mass is 35.5. The van der Waals surface area contributed by atoms with Gasteiger partial charge < -0.3 is 18.8 Å². The first-order chi connectivity index (χ1) is 19.4. The number of hydrogen-bond donors (Lipinski definition) is 1. The number of carbonyl (C=O) groups is 2. The number of nitrogens with one attached hydrogen (secondary N) is 1. The van der Waals surface area contributed by atoms with Crippen LogP contribution in [0.15, 0.2) is 41.3 Å². The van der Waals surface area contributed by atoms with Gasteiger partial charge in [-0.15, -0.1) is 11.6 Å². The second-order valence-corrected chi connectivity index (χ2v) is 12.0. The number of hydrogen-bond acceptors (Lipinski definition) is 6. The molecule has 0 saturated carbocycles. The molecule has 1 amide bonds. The summed E-state index contributed by atoms with van der Waals surface area (Å²) in [6.07, 6.45) is 4.19. The van der Waals surface area contributed by atoms with E-state index in [0.29, 0.717) is 41.1 Å². The van der Waals surface area contributed by atoms with Crippen molar-refractivity contribution < 1.29 is 22.9 Å². The lowest BCUT2D eigenvalue weighted by atomic mass is 9.86. The average Bonchev–Trinajstić information content (AvgIpc) is 2.91. The molecule has 1 N–H and O–H groups in total. The summed E-state index contributed by atoms with van der Waals surface area (Å²) in [4.78, 5) is 38.6. The minimum atomic E-state index is -0.715. The number of anilines is 1. The summed E-state index contributed by atoms with van der Waals surface area (Å²) in [6.45, 7) is 8.29. The van der Waals surface area contributed by atoms with Gasteiger partial charge in [-0.25, -0.2) is 9.18 Å². The van der Waals surface area contributed by atoms with Crippen molar-refractivity contribution >= 4 is 63.7 Å². The van der Waals surface area contributed by atoms with E-state index in [-0.39, 0.29) is 53.0 Å². The molecule has 41 heavy (non-hydrogen) atoms. The second kappa shape index (κ2) is 14.5. The number of fused-ring (bicyclic) bond motifs is 1. The molecule has 0 aliphatic rings. The van der Waals surface area contributed by atoms with E-state index < -0.39 is 17.2 Å². The molecular formula is C30H35Cl2FN2O5S. The number of esters is 1. The third-order valence-electron chi connectivity index (χ3n) is 6.59. The zero-order valence-corrected chi connectivity index (χ0v) is 26.1. The zero-order valence-electron chi connectivity index (χ0n) is 23.8. The maximum absolute atomic E-state index is 15.1. The quantitative estimate of drug-likeness (QED) is 0.128. The number of halogens is 3. The predicted molar refractivity (Wildman–Crippen MR) is 165 cm³/mol. The molecular weight excluding hydrogens is 590 g/mol. The van der Waals surface area contributed by atoms with E-state index >= 15 is 4.39 Å². The Morgan fingerprint density at radius 2 is 1.93 bits per heavy atom. The highest BCUT2D eigenvalue weighted by Crippen LogP contribution is 2.34. The van der Waals surface area contributed by atoms with E-state index in [9.17, 15) is 14.4 Å².